The summed E-state index contributed by atoms with van der Waals surface area (Å²) in [6.45, 7) is 0.506. The van der Waals surface area contributed by atoms with Gasteiger partial charge in [0.2, 0.25) is 0 Å². The van der Waals surface area contributed by atoms with Crippen molar-refractivity contribution < 1.29 is 4.79 Å². The molecule has 19 heavy (non-hydrogen) atoms. The van der Waals surface area contributed by atoms with Gasteiger partial charge in [0.05, 0.1) is 10.0 Å². The Morgan fingerprint density at radius 1 is 1.05 bits per heavy atom. The molecule has 0 unspecified atom stereocenters. The smallest absolute Gasteiger partial charge is 0.193 e. The van der Waals surface area contributed by atoms with Crippen LogP contribution in [0.2, 0.25) is 10.0 Å². The lowest BCUT2D eigenvalue weighted by Crippen LogP contribution is -2.09. The topological polar surface area (TPSA) is 43.1 Å². The van der Waals surface area contributed by atoms with E-state index in [9.17, 15) is 4.79 Å². The van der Waals surface area contributed by atoms with Crippen LogP contribution in [0.15, 0.2) is 42.5 Å². The summed E-state index contributed by atoms with van der Waals surface area (Å²) < 4.78 is 0. The number of carbonyl (C=O) groups is 1. The molecule has 2 N–H and O–H groups in total. The highest BCUT2D eigenvalue weighted by atomic mass is 35.5. The highest BCUT2D eigenvalue weighted by Crippen LogP contribution is 2.24. The van der Waals surface area contributed by atoms with Crippen molar-refractivity contribution in [3.05, 3.63) is 69.2 Å². The fraction of sp³-hybridized carbons (Fsp3) is 0.133. The average Bonchev–Trinajstić information content (AvgIpc) is 2.42. The van der Waals surface area contributed by atoms with Crippen LogP contribution in [0.5, 0.6) is 0 Å². The molecule has 0 fully saturated rings. The van der Waals surface area contributed by atoms with Crippen molar-refractivity contribution in [3.8, 4) is 0 Å². The summed E-state index contributed by atoms with van der Waals surface area (Å²) in [6, 6.07) is 12.3. The van der Waals surface area contributed by atoms with Crippen LogP contribution in [0.3, 0.4) is 0 Å². The molecule has 0 aliphatic heterocycles. The Kier molecular flexibility index (Phi) is 4.59. The summed E-state index contributed by atoms with van der Waals surface area (Å²) in [7, 11) is 0. The molecule has 98 valence electrons. The van der Waals surface area contributed by atoms with E-state index < -0.39 is 0 Å². The molecule has 0 atom stereocenters. The molecule has 0 radical (unpaired) electrons. The van der Waals surface area contributed by atoms with Crippen LogP contribution >= 0.6 is 23.2 Å². The van der Waals surface area contributed by atoms with E-state index >= 15 is 0 Å². The van der Waals surface area contributed by atoms with Crippen molar-refractivity contribution in [3.63, 3.8) is 0 Å². The third-order valence-corrected chi connectivity index (χ3v) is 3.60. The summed E-state index contributed by atoms with van der Waals surface area (Å²) in [5, 5.41) is 0.817. The predicted molar refractivity (Wildman–Crippen MR) is 79.1 cm³/mol. The number of nitrogens with two attached hydrogens (primary N) is 1. The summed E-state index contributed by atoms with van der Waals surface area (Å²) >= 11 is 11.8. The first-order chi connectivity index (χ1) is 9.13. The Labute approximate surface area is 122 Å². The number of rotatable bonds is 4. The molecule has 2 nitrogen and oxygen atoms in total. The molecule has 4 heteroatoms. The average molecular weight is 294 g/mol. The summed E-state index contributed by atoms with van der Waals surface area (Å²) in [4.78, 5) is 12.5. The molecule has 0 saturated carbocycles. The van der Waals surface area contributed by atoms with Gasteiger partial charge in [0.15, 0.2) is 5.78 Å². The van der Waals surface area contributed by atoms with E-state index in [0.29, 0.717) is 34.1 Å². The van der Waals surface area contributed by atoms with Gasteiger partial charge in [0, 0.05) is 11.1 Å². The van der Waals surface area contributed by atoms with Crippen LogP contribution in [0.1, 0.15) is 21.5 Å². The van der Waals surface area contributed by atoms with Gasteiger partial charge in [-0.2, -0.15) is 0 Å². The van der Waals surface area contributed by atoms with Crippen LogP contribution in [-0.4, -0.2) is 12.3 Å². The number of carbonyl (C=O) groups excluding carboxylic acids is 1. The summed E-state index contributed by atoms with van der Waals surface area (Å²) in [5.41, 5.74) is 7.69. The first-order valence-electron chi connectivity index (χ1n) is 5.91. The van der Waals surface area contributed by atoms with Gasteiger partial charge < -0.3 is 5.73 Å². The quantitative estimate of drug-likeness (QED) is 0.873. The standard InChI is InChI=1S/C15H13Cl2NO/c16-13-6-5-11(9-14(13)17)15(19)12-4-2-1-3-10(12)7-8-18/h1-6,9H,7-8,18H2. The van der Waals surface area contributed by atoms with E-state index in [4.69, 9.17) is 28.9 Å². The second kappa shape index (κ2) is 6.20. The van der Waals surface area contributed by atoms with E-state index in [0.717, 1.165) is 5.56 Å². The largest absolute Gasteiger partial charge is 0.330 e. The Bertz CT molecular complexity index is 611. The zero-order valence-corrected chi connectivity index (χ0v) is 11.7. The van der Waals surface area contributed by atoms with Gasteiger partial charge in [-0.3, -0.25) is 4.79 Å². The molecule has 0 aliphatic carbocycles. The third-order valence-electron chi connectivity index (χ3n) is 2.86. The minimum atomic E-state index is -0.0670. The molecular formula is C15H13Cl2NO. The van der Waals surface area contributed by atoms with E-state index in [1.165, 1.54) is 0 Å². The van der Waals surface area contributed by atoms with E-state index in [1.54, 1.807) is 24.3 Å². The monoisotopic (exact) mass is 293 g/mol. The maximum Gasteiger partial charge on any atom is 0.193 e. The molecule has 2 aromatic carbocycles. The Hall–Kier alpha value is -1.35. The highest BCUT2D eigenvalue weighted by Gasteiger charge is 2.13. The number of halogens is 2. The molecule has 0 aromatic heterocycles. The first kappa shape index (κ1) is 14.1. The second-order valence-corrected chi connectivity index (χ2v) is 4.97. The molecule has 0 spiro atoms. The van der Waals surface area contributed by atoms with Gasteiger partial charge >= 0.3 is 0 Å². The first-order valence-corrected chi connectivity index (χ1v) is 6.67. The third kappa shape index (κ3) is 3.16. The Morgan fingerprint density at radius 2 is 1.79 bits per heavy atom. The zero-order chi connectivity index (χ0) is 13.8. The van der Waals surface area contributed by atoms with Crippen LogP contribution in [0, 0.1) is 0 Å². The highest BCUT2D eigenvalue weighted by molar-refractivity contribution is 6.42. The van der Waals surface area contributed by atoms with E-state index in [2.05, 4.69) is 0 Å². The van der Waals surface area contributed by atoms with Gasteiger partial charge in [-0.05, 0) is 36.7 Å². The van der Waals surface area contributed by atoms with Crippen LogP contribution < -0.4 is 5.73 Å². The van der Waals surface area contributed by atoms with E-state index in [1.807, 2.05) is 18.2 Å². The van der Waals surface area contributed by atoms with Crippen molar-refractivity contribution in [1.29, 1.82) is 0 Å². The molecule has 0 saturated heterocycles. The fourth-order valence-corrected chi connectivity index (χ4v) is 2.21. The molecule has 2 aromatic rings. The number of ketones is 1. The van der Waals surface area contributed by atoms with Crippen molar-refractivity contribution in [2.24, 2.45) is 5.73 Å². The Morgan fingerprint density at radius 3 is 2.47 bits per heavy atom. The summed E-state index contributed by atoms with van der Waals surface area (Å²) in [5.74, 6) is -0.0670. The number of hydrogen-bond acceptors (Lipinski definition) is 2. The van der Waals surface area contributed by atoms with E-state index in [-0.39, 0.29) is 5.78 Å². The van der Waals surface area contributed by atoms with Gasteiger partial charge in [0.25, 0.3) is 0 Å². The van der Waals surface area contributed by atoms with Gasteiger partial charge in [-0.1, -0.05) is 47.5 Å². The zero-order valence-electron chi connectivity index (χ0n) is 10.2. The van der Waals surface area contributed by atoms with Crippen LogP contribution in [0.25, 0.3) is 0 Å². The lowest BCUT2D eigenvalue weighted by atomic mass is 9.97. The van der Waals surface area contributed by atoms with Crippen molar-refractivity contribution in [2.45, 2.75) is 6.42 Å². The summed E-state index contributed by atoms with van der Waals surface area (Å²) in [6.07, 6.45) is 0.670. The van der Waals surface area contributed by atoms with Gasteiger partial charge in [0.1, 0.15) is 0 Å². The van der Waals surface area contributed by atoms with Gasteiger partial charge in [-0.15, -0.1) is 0 Å². The van der Waals surface area contributed by atoms with Crippen molar-refractivity contribution in [2.75, 3.05) is 6.54 Å². The van der Waals surface area contributed by atoms with Crippen LogP contribution in [0.4, 0.5) is 0 Å². The number of hydrogen-bond donors (Lipinski definition) is 1. The SMILES string of the molecule is NCCc1ccccc1C(=O)c1ccc(Cl)c(Cl)c1. The van der Waals surface area contributed by atoms with Crippen LogP contribution in [-0.2, 0) is 6.42 Å². The van der Waals surface area contributed by atoms with Gasteiger partial charge in [-0.25, -0.2) is 0 Å². The maximum absolute atomic E-state index is 12.5. The number of benzene rings is 2. The lowest BCUT2D eigenvalue weighted by Gasteiger charge is -2.08. The molecule has 0 heterocycles. The normalized spacial score (nSPS) is 10.5. The lowest BCUT2D eigenvalue weighted by molar-refractivity contribution is 0.103. The molecule has 0 amide bonds. The molecule has 2 rings (SSSR count). The molecule has 0 bridgehead atoms. The fourth-order valence-electron chi connectivity index (χ4n) is 1.91. The maximum atomic E-state index is 12.5. The minimum absolute atomic E-state index is 0.0670. The van der Waals surface area contributed by atoms with Crippen molar-refractivity contribution in [1.82, 2.24) is 0 Å². The molecule has 0 aliphatic rings. The predicted octanol–water partition coefficient (Wildman–Crippen LogP) is 3.73. The second-order valence-electron chi connectivity index (χ2n) is 4.15. The van der Waals surface area contributed by atoms with Crippen molar-refractivity contribution >= 4 is 29.0 Å². The minimum Gasteiger partial charge on any atom is -0.330 e. The Balaban J connectivity index is 2.41. The molecular weight excluding hydrogens is 281 g/mol.